The molecule has 1 aliphatic heterocycles. The molecule has 2 aromatic carbocycles. The summed E-state index contributed by atoms with van der Waals surface area (Å²) in [4.78, 5) is 12.5. The molecule has 2 aromatic rings. The molecule has 3 rings (SSSR count). The van der Waals surface area contributed by atoms with Crippen LogP contribution in [0.2, 0.25) is 0 Å². The molecule has 0 aliphatic carbocycles. The molecule has 1 fully saturated rings. The Morgan fingerprint density at radius 2 is 1.83 bits per heavy atom. The van der Waals surface area contributed by atoms with Crippen LogP contribution in [0.1, 0.15) is 72.9 Å². The van der Waals surface area contributed by atoms with Gasteiger partial charge in [-0.2, -0.15) is 5.26 Å². The second-order valence-corrected chi connectivity index (χ2v) is 7.66. The van der Waals surface area contributed by atoms with Gasteiger partial charge in [-0.25, -0.2) is 4.79 Å². The minimum Gasteiger partial charge on any atom is -0.423 e. The standard InChI is InChI=1S/C25H29NO4/c1-3-5-6-7-18-16-28-25(29-17-18)21-10-8-20(9-11-21)24(27)30-23-13-12-19(4-2)22(14-23)15-26/h8-14,18,25H,3-7,16-17H2,1-2H3. The highest BCUT2D eigenvalue weighted by molar-refractivity contribution is 5.91. The normalized spacial score (nSPS) is 18.6. The lowest BCUT2D eigenvalue weighted by Gasteiger charge is -2.29. The zero-order chi connectivity index (χ0) is 21.3. The largest absolute Gasteiger partial charge is 0.423 e. The van der Waals surface area contributed by atoms with Crippen LogP contribution in [0.15, 0.2) is 42.5 Å². The van der Waals surface area contributed by atoms with Crippen LogP contribution >= 0.6 is 0 Å². The first-order valence-corrected chi connectivity index (χ1v) is 10.7. The zero-order valence-electron chi connectivity index (χ0n) is 17.7. The number of benzene rings is 2. The number of carbonyl (C=O) groups excluding carboxylic acids is 1. The Bertz CT molecular complexity index is 877. The summed E-state index contributed by atoms with van der Waals surface area (Å²) in [5.74, 6) is 0.362. The van der Waals surface area contributed by atoms with Gasteiger partial charge in [-0.05, 0) is 42.7 Å². The average molecular weight is 408 g/mol. The molecular formula is C25H29NO4. The van der Waals surface area contributed by atoms with Crippen molar-refractivity contribution in [3.05, 3.63) is 64.7 Å². The smallest absolute Gasteiger partial charge is 0.343 e. The van der Waals surface area contributed by atoms with Gasteiger partial charge in [-0.15, -0.1) is 0 Å². The van der Waals surface area contributed by atoms with Gasteiger partial charge >= 0.3 is 5.97 Å². The number of aryl methyl sites for hydroxylation is 1. The maximum absolute atomic E-state index is 12.5. The number of nitriles is 1. The Morgan fingerprint density at radius 3 is 2.47 bits per heavy atom. The predicted molar refractivity (Wildman–Crippen MR) is 114 cm³/mol. The molecule has 0 radical (unpaired) electrons. The lowest BCUT2D eigenvalue weighted by Crippen LogP contribution is -2.27. The van der Waals surface area contributed by atoms with E-state index in [2.05, 4.69) is 13.0 Å². The van der Waals surface area contributed by atoms with E-state index in [1.807, 2.05) is 25.1 Å². The first-order valence-electron chi connectivity index (χ1n) is 10.7. The summed E-state index contributed by atoms with van der Waals surface area (Å²) >= 11 is 0. The summed E-state index contributed by atoms with van der Waals surface area (Å²) in [6.07, 6.45) is 5.18. The van der Waals surface area contributed by atoms with E-state index >= 15 is 0 Å². The van der Waals surface area contributed by atoms with E-state index in [4.69, 9.17) is 14.2 Å². The number of esters is 1. The Labute approximate surface area is 178 Å². The summed E-state index contributed by atoms with van der Waals surface area (Å²) < 4.78 is 17.2. The van der Waals surface area contributed by atoms with E-state index in [0.29, 0.717) is 36.0 Å². The van der Waals surface area contributed by atoms with Crippen LogP contribution in [-0.2, 0) is 15.9 Å². The number of unbranched alkanes of at least 4 members (excludes halogenated alkanes) is 2. The molecule has 1 saturated heterocycles. The molecule has 30 heavy (non-hydrogen) atoms. The molecular weight excluding hydrogens is 378 g/mol. The minimum absolute atomic E-state index is 0.367. The molecule has 0 amide bonds. The van der Waals surface area contributed by atoms with Crippen molar-refractivity contribution in [2.24, 2.45) is 5.92 Å². The minimum atomic E-state index is -0.462. The SMILES string of the molecule is CCCCCC1COC(c2ccc(C(=O)Oc3ccc(CC)c(C#N)c3)cc2)OC1. The Morgan fingerprint density at radius 1 is 1.10 bits per heavy atom. The van der Waals surface area contributed by atoms with Crippen LogP contribution in [0, 0.1) is 17.2 Å². The van der Waals surface area contributed by atoms with Crippen molar-refractivity contribution in [1.82, 2.24) is 0 Å². The molecule has 0 atom stereocenters. The number of nitrogens with zero attached hydrogens (tertiary/aromatic N) is 1. The maximum Gasteiger partial charge on any atom is 0.343 e. The fraction of sp³-hybridized carbons (Fsp3) is 0.440. The molecule has 0 spiro atoms. The van der Waals surface area contributed by atoms with Gasteiger partial charge in [0, 0.05) is 11.5 Å². The van der Waals surface area contributed by atoms with Gasteiger partial charge in [0.1, 0.15) is 5.75 Å². The lowest BCUT2D eigenvalue weighted by molar-refractivity contribution is -0.206. The molecule has 5 heteroatoms. The van der Waals surface area contributed by atoms with Crippen LogP contribution in [0.25, 0.3) is 0 Å². The van der Waals surface area contributed by atoms with E-state index < -0.39 is 12.3 Å². The average Bonchev–Trinajstić information content (AvgIpc) is 2.79. The van der Waals surface area contributed by atoms with E-state index in [1.165, 1.54) is 19.3 Å². The number of hydrogen-bond acceptors (Lipinski definition) is 5. The predicted octanol–water partition coefficient (Wildman–Crippen LogP) is 5.58. The molecule has 5 nitrogen and oxygen atoms in total. The van der Waals surface area contributed by atoms with Crippen LogP contribution in [0.4, 0.5) is 0 Å². The first kappa shape index (κ1) is 22.0. The first-order chi connectivity index (χ1) is 14.6. The Hall–Kier alpha value is -2.68. The third-order valence-electron chi connectivity index (χ3n) is 5.39. The summed E-state index contributed by atoms with van der Waals surface area (Å²) in [6, 6.07) is 14.4. The van der Waals surface area contributed by atoms with Crippen LogP contribution in [0.5, 0.6) is 5.75 Å². The fourth-order valence-electron chi connectivity index (χ4n) is 3.56. The van der Waals surface area contributed by atoms with Gasteiger partial charge in [0.15, 0.2) is 6.29 Å². The van der Waals surface area contributed by atoms with Gasteiger partial charge < -0.3 is 14.2 Å². The number of rotatable bonds is 8. The van der Waals surface area contributed by atoms with Crippen molar-refractivity contribution in [1.29, 1.82) is 5.26 Å². The molecule has 158 valence electrons. The highest BCUT2D eigenvalue weighted by Crippen LogP contribution is 2.28. The van der Waals surface area contributed by atoms with Crippen molar-refractivity contribution < 1.29 is 19.0 Å². The highest BCUT2D eigenvalue weighted by Gasteiger charge is 2.23. The van der Waals surface area contributed by atoms with Gasteiger partial charge in [-0.1, -0.05) is 51.3 Å². The molecule has 0 saturated carbocycles. The van der Waals surface area contributed by atoms with E-state index in [9.17, 15) is 10.1 Å². The third kappa shape index (κ3) is 5.69. The third-order valence-corrected chi connectivity index (χ3v) is 5.39. The summed E-state index contributed by atoms with van der Waals surface area (Å²) in [5.41, 5.74) is 2.78. The second kappa shape index (κ2) is 10.9. The van der Waals surface area contributed by atoms with Crippen LogP contribution < -0.4 is 4.74 Å². The molecule has 1 aliphatic rings. The maximum atomic E-state index is 12.5. The summed E-state index contributed by atoms with van der Waals surface area (Å²) in [6.45, 7) is 5.59. The number of ether oxygens (including phenoxy) is 3. The van der Waals surface area contributed by atoms with Crippen molar-refractivity contribution in [2.45, 2.75) is 52.2 Å². The van der Waals surface area contributed by atoms with Gasteiger partial charge in [-0.3, -0.25) is 0 Å². The molecule has 0 aromatic heterocycles. The second-order valence-electron chi connectivity index (χ2n) is 7.66. The van der Waals surface area contributed by atoms with Crippen molar-refractivity contribution in [3.8, 4) is 11.8 Å². The van der Waals surface area contributed by atoms with Crippen molar-refractivity contribution in [3.63, 3.8) is 0 Å². The molecule has 0 N–H and O–H groups in total. The van der Waals surface area contributed by atoms with Gasteiger partial charge in [0.2, 0.25) is 0 Å². The monoisotopic (exact) mass is 407 g/mol. The van der Waals surface area contributed by atoms with Gasteiger partial charge in [0.05, 0.1) is 30.4 Å². The van der Waals surface area contributed by atoms with E-state index in [-0.39, 0.29) is 0 Å². The number of carbonyl (C=O) groups is 1. The van der Waals surface area contributed by atoms with E-state index in [0.717, 1.165) is 24.0 Å². The summed E-state index contributed by atoms with van der Waals surface area (Å²) in [7, 11) is 0. The number of hydrogen-bond donors (Lipinski definition) is 0. The Kier molecular flexibility index (Phi) is 8.01. The Balaban J connectivity index is 1.56. The topological polar surface area (TPSA) is 68.5 Å². The highest BCUT2D eigenvalue weighted by atomic mass is 16.7. The quantitative estimate of drug-likeness (QED) is 0.324. The zero-order valence-corrected chi connectivity index (χ0v) is 17.7. The van der Waals surface area contributed by atoms with Crippen molar-refractivity contribution in [2.75, 3.05) is 13.2 Å². The lowest BCUT2D eigenvalue weighted by atomic mass is 10.0. The van der Waals surface area contributed by atoms with Crippen molar-refractivity contribution >= 4 is 5.97 Å². The molecule has 1 heterocycles. The van der Waals surface area contributed by atoms with Crippen LogP contribution in [-0.4, -0.2) is 19.2 Å². The molecule has 0 bridgehead atoms. The van der Waals surface area contributed by atoms with E-state index in [1.54, 1.807) is 24.3 Å². The van der Waals surface area contributed by atoms with Gasteiger partial charge in [0.25, 0.3) is 0 Å². The molecule has 0 unspecified atom stereocenters. The fourth-order valence-corrected chi connectivity index (χ4v) is 3.56. The van der Waals surface area contributed by atoms with Crippen LogP contribution in [0.3, 0.4) is 0 Å². The summed E-state index contributed by atoms with van der Waals surface area (Å²) in [5, 5.41) is 9.24.